The predicted molar refractivity (Wildman–Crippen MR) is 117 cm³/mol. The van der Waals surface area contributed by atoms with Gasteiger partial charge in [-0.05, 0) is 60.6 Å². The highest BCUT2D eigenvalue weighted by molar-refractivity contribution is 5.44. The van der Waals surface area contributed by atoms with Crippen LogP contribution in [0.4, 0.5) is 13.2 Å². The molecule has 0 heterocycles. The zero-order chi connectivity index (χ0) is 21.3. The Balaban J connectivity index is 1.49. The Labute approximate surface area is 178 Å². The van der Waals surface area contributed by atoms with Gasteiger partial charge in [0.15, 0.2) is 11.6 Å². The Morgan fingerprint density at radius 3 is 2.17 bits per heavy atom. The van der Waals surface area contributed by atoms with Gasteiger partial charge in [0.2, 0.25) is 0 Å². The maximum Gasteiger partial charge on any atom is 0.160 e. The summed E-state index contributed by atoms with van der Waals surface area (Å²) in [4.78, 5) is 0. The number of aryl methyl sites for hydroxylation is 1. The number of unbranched alkanes of at least 4 members (excludes halogenated alkanes) is 2. The molecule has 0 unspecified atom stereocenters. The summed E-state index contributed by atoms with van der Waals surface area (Å²) in [6.07, 6.45) is 12.7. The molecule has 0 nitrogen and oxygen atoms in total. The summed E-state index contributed by atoms with van der Waals surface area (Å²) in [5, 5.41) is 0. The van der Waals surface area contributed by atoms with Gasteiger partial charge in [-0.1, -0.05) is 76.2 Å². The van der Waals surface area contributed by atoms with Gasteiger partial charge in [0, 0.05) is 5.56 Å². The first kappa shape index (κ1) is 22.5. The van der Waals surface area contributed by atoms with E-state index in [1.165, 1.54) is 57.4 Å². The average molecular weight is 413 g/mol. The minimum atomic E-state index is -0.951. The van der Waals surface area contributed by atoms with Crippen molar-refractivity contribution in [2.24, 2.45) is 11.8 Å². The highest BCUT2D eigenvalue weighted by atomic mass is 19.2. The van der Waals surface area contributed by atoms with Gasteiger partial charge < -0.3 is 0 Å². The molecule has 1 saturated carbocycles. The predicted octanol–water partition coefficient (Wildman–Crippen LogP) is 7.82. The average Bonchev–Trinajstić information content (AvgIpc) is 2.75. The number of hydrogen-bond donors (Lipinski definition) is 0. The van der Waals surface area contributed by atoms with Gasteiger partial charge in [-0.3, -0.25) is 0 Å². The van der Waals surface area contributed by atoms with Crippen LogP contribution in [-0.2, 0) is 6.42 Å². The lowest BCUT2D eigenvalue weighted by atomic mass is 9.78. The standard InChI is InChI=1S/C27H31F3/c1-2-3-4-5-20-6-8-21(9-7-20)10-11-22-12-15-24(26(29)18-22)16-13-23-14-17-25(28)27(30)19-23/h12,14-15,17-21H,2-11H2,1H3/t20-,21-. The molecule has 1 fully saturated rings. The number of hydrogen-bond acceptors (Lipinski definition) is 0. The molecule has 3 heteroatoms. The van der Waals surface area contributed by atoms with E-state index in [2.05, 4.69) is 18.8 Å². The second-order valence-corrected chi connectivity index (χ2v) is 8.61. The molecule has 1 aliphatic rings. The van der Waals surface area contributed by atoms with Crippen LogP contribution in [0.3, 0.4) is 0 Å². The zero-order valence-corrected chi connectivity index (χ0v) is 17.8. The monoisotopic (exact) mass is 412 g/mol. The van der Waals surface area contributed by atoms with Crippen LogP contribution in [0, 0.1) is 41.1 Å². The molecule has 160 valence electrons. The quantitative estimate of drug-likeness (QED) is 0.321. The molecule has 0 atom stereocenters. The summed E-state index contributed by atoms with van der Waals surface area (Å²) < 4.78 is 40.6. The molecular weight excluding hydrogens is 381 g/mol. The highest BCUT2D eigenvalue weighted by Gasteiger charge is 2.20. The topological polar surface area (TPSA) is 0 Å². The molecular formula is C27H31F3. The molecule has 0 bridgehead atoms. The van der Waals surface area contributed by atoms with E-state index in [1.807, 2.05) is 6.07 Å². The maximum absolute atomic E-state index is 14.4. The molecule has 0 radical (unpaired) electrons. The largest absolute Gasteiger partial charge is 0.206 e. The van der Waals surface area contributed by atoms with E-state index >= 15 is 0 Å². The molecule has 2 aromatic carbocycles. The Morgan fingerprint density at radius 2 is 1.50 bits per heavy atom. The van der Waals surface area contributed by atoms with E-state index in [0.29, 0.717) is 5.56 Å². The summed E-state index contributed by atoms with van der Waals surface area (Å²) in [5.74, 6) is 4.86. The smallest absolute Gasteiger partial charge is 0.160 e. The zero-order valence-electron chi connectivity index (χ0n) is 17.8. The number of rotatable bonds is 7. The minimum Gasteiger partial charge on any atom is -0.206 e. The van der Waals surface area contributed by atoms with Gasteiger partial charge >= 0.3 is 0 Å². The molecule has 0 saturated heterocycles. The van der Waals surface area contributed by atoms with Crippen molar-refractivity contribution in [3.05, 3.63) is 70.5 Å². The fourth-order valence-corrected chi connectivity index (χ4v) is 4.39. The number of benzene rings is 2. The first-order valence-corrected chi connectivity index (χ1v) is 11.3. The van der Waals surface area contributed by atoms with Crippen molar-refractivity contribution in [3.8, 4) is 11.8 Å². The fraction of sp³-hybridized carbons (Fsp3) is 0.481. The van der Waals surface area contributed by atoms with Gasteiger partial charge in [-0.2, -0.15) is 0 Å². The van der Waals surface area contributed by atoms with E-state index in [-0.39, 0.29) is 11.4 Å². The Morgan fingerprint density at radius 1 is 0.767 bits per heavy atom. The van der Waals surface area contributed by atoms with Crippen molar-refractivity contribution in [2.45, 2.75) is 71.1 Å². The summed E-state index contributed by atoms with van der Waals surface area (Å²) in [7, 11) is 0. The van der Waals surface area contributed by atoms with Crippen molar-refractivity contribution < 1.29 is 13.2 Å². The SMILES string of the molecule is CCCCC[C@H]1CC[C@H](CCc2ccc(C#Cc3ccc(F)c(F)c3)c(F)c2)CC1. The van der Waals surface area contributed by atoms with Crippen LogP contribution in [0.5, 0.6) is 0 Å². The summed E-state index contributed by atoms with van der Waals surface area (Å²) in [6.45, 7) is 2.26. The van der Waals surface area contributed by atoms with E-state index in [9.17, 15) is 13.2 Å². The highest BCUT2D eigenvalue weighted by Crippen LogP contribution is 2.34. The van der Waals surface area contributed by atoms with E-state index in [4.69, 9.17) is 0 Å². The third-order valence-electron chi connectivity index (χ3n) is 6.32. The van der Waals surface area contributed by atoms with Gasteiger partial charge in [-0.25, -0.2) is 13.2 Å². The molecule has 1 aliphatic carbocycles. The van der Waals surface area contributed by atoms with Crippen LogP contribution in [0.2, 0.25) is 0 Å². The van der Waals surface area contributed by atoms with Crippen molar-refractivity contribution in [1.82, 2.24) is 0 Å². The van der Waals surface area contributed by atoms with Crippen LogP contribution in [0.15, 0.2) is 36.4 Å². The Hall–Kier alpha value is -2.21. The normalized spacial score (nSPS) is 18.7. The van der Waals surface area contributed by atoms with Crippen LogP contribution >= 0.6 is 0 Å². The Kier molecular flexibility index (Phi) is 8.43. The lowest BCUT2D eigenvalue weighted by molar-refractivity contribution is 0.249. The first-order valence-electron chi connectivity index (χ1n) is 11.3. The molecule has 0 aromatic heterocycles. The fourth-order valence-electron chi connectivity index (χ4n) is 4.39. The summed E-state index contributed by atoms with van der Waals surface area (Å²) >= 11 is 0. The summed E-state index contributed by atoms with van der Waals surface area (Å²) in [5.41, 5.74) is 1.59. The molecule has 0 amide bonds. The van der Waals surface area contributed by atoms with Crippen LogP contribution in [0.25, 0.3) is 0 Å². The molecule has 30 heavy (non-hydrogen) atoms. The minimum absolute atomic E-state index is 0.274. The lowest BCUT2D eigenvalue weighted by Gasteiger charge is -2.28. The molecule has 0 aliphatic heterocycles. The van der Waals surface area contributed by atoms with E-state index in [0.717, 1.165) is 42.4 Å². The van der Waals surface area contributed by atoms with E-state index < -0.39 is 11.6 Å². The molecule has 2 aromatic rings. The number of halogens is 3. The van der Waals surface area contributed by atoms with Crippen LogP contribution in [-0.4, -0.2) is 0 Å². The van der Waals surface area contributed by atoms with Crippen molar-refractivity contribution in [3.63, 3.8) is 0 Å². The van der Waals surface area contributed by atoms with Crippen molar-refractivity contribution in [1.29, 1.82) is 0 Å². The second-order valence-electron chi connectivity index (χ2n) is 8.61. The lowest BCUT2D eigenvalue weighted by Crippen LogP contribution is -2.15. The van der Waals surface area contributed by atoms with Crippen LogP contribution < -0.4 is 0 Å². The third-order valence-corrected chi connectivity index (χ3v) is 6.32. The summed E-state index contributed by atoms with van der Waals surface area (Å²) in [6, 6.07) is 8.60. The molecule has 0 spiro atoms. The van der Waals surface area contributed by atoms with Gasteiger partial charge in [0.25, 0.3) is 0 Å². The van der Waals surface area contributed by atoms with Crippen LogP contribution in [0.1, 0.15) is 81.4 Å². The molecule has 3 rings (SSSR count). The third kappa shape index (κ3) is 6.66. The van der Waals surface area contributed by atoms with Gasteiger partial charge in [-0.15, -0.1) is 0 Å². The maximum atomic E-state index is 14.4. The van der Waals surface area contributed by atoms with Gasteiger partial charge in [0.1, 0.15) is 5.82 Å². The van der Waals surface area contributed by atoms with E-state index in [1.54, 1.807) is 12.1 Å². The van der Waals surface area contributed by atoms with Crippen molar-refractivity contribution in [2.75, 3.05) is 0 Å². The second kappa shape index (κ2) is 11.3. The molecule has 0 N–H and O–H groups in total. The van der Waals surface area contributed by atoms with Gasteiger partial charge in [0.05, 0.1) is 5.56 Å². The first-order chi connectivity index (χ1) is 14.5. The van der Waals surface area contributed by atoms with Crippen molar-refractivity contribution >= 4 is 0 Å². The Bertz CT molecular complexity index is 883.